The van der Waals surface area contributed by atoms with Crippen molar-refractivity contribution in [2.45, 2.75) is 19.8 Å². The third-order valence-electron chi connectivity index (χ3n) is 1.75. The van der Waals surface area contributed by atoms with Crippen molar-refractivity contribution < 1.29 is 19.5 Å². The number of carboxylic acids is 1. The van der Waals surface area contributed by atoms with Gasteiger partial charge in [0.05, 0.1) is 5.57 Å². The fourth-order valence-corrected chi connectivity index (χ4v) is 0.987. The third-order valence-corrected chi connectivity index (χ3v) is 1.75. The van der Waals surface area contributed by atoms with Crippen LogP contribution in [-0.2, 0) is 14.4 Å². The van der Waals surface area contributed by atoms with Crippen molar-refractivity contribution in [2.24, 2.45) is 0 Å². The Bertz CT molecular complexity index is 289. The van der Waals surface area contributed by atoms with E-state index in [0.29, 0.717) is 0 Å². The summed E-state index contributed by atoms with van der Waals surface area (Å²) in [6.07, 6.45) is 1.41. The molecule has 70 valence electrons. The number of imide groups is 1. The Morgan fingerprint density at radius 2 is 1.85 bits per heavy atom. The number of aliphatic carboxylic acids is 1. The molecule has 0 atom stereocenters. The predicted octanol–water partition coefficient (Wildman–Crippen LogP) is 0.124. The fourth-order valence-electron chi connectivity index (χ4n) is 0.987. The quantitative estimate of drug-likeness (QED) is 0.487. The van der Waals surface area contributed by atoms with Gasteiger partial charge in [0.1, 0.15) is 0 Å². The number of hydrogen-bond acceptors (Lipinski definition) is 3. The molecule has 1 saturated heterocycles. The molecule has 0 unspecified atom stereocenters. The lowest BCUT2D eigenvalue weighted by molar-refractivity contribution is -0.135. The molecule has 0 bridgehead atoms. The van der Waals surface area contributed by atoms with Crippen LogP contribution in [0.4, 0.5) is 0 Å². The van der Waals surface area contributed by atoms with E-state index < -0.39 is 5.97 Å². The summed E-state index contributed by atoms with van der Waals surface area (Å²) in [5, 5.41) is 8.50. The van der Waals surface area contributed by atoms with Crippen LogP contribution in [0, 0.1) is 0 Å². The average Bonchev–Trinajstić information content (AvgIpc) is 2.35. The molecule has 5 heteroatoms. The maximum atomic E-state index is 11.0. The van der Waals surface area contributed by atoms with Crippen LogP contribution < -0.4 is 0 Å². The Hall–Kier alpha value is -1.65. The topological polar surface area (TPSA) is 74.7 Å². The Morgan fingerprint density at radius 1 is 1.38 bits per heavy atom. The second-order valence-corrected chi connectivity index (χ2v) is 2.77. The minimum Gasteiger partial charge on any atom is -0.478 e. The number of likely N-dealkylation sites (tertiary alicyclic amines) is 1. The van der Waals surface area contributed by atoms with Gasteiger partial charge in [-0.05, 0) is 6.92 Å². The van der Waals surface area contributed by atoms with E-state index in [1.807, 2.05) is 0 Å². The molecule has 5 nitrogen and oxygen atoms in total. The minimum atomic E-state index is -1.13. The molecule has 0 aromatic rings. The number of carboxylic acid groups (broad SMARTS) is 1. The van der Waals surface area contributed by atoms with Crippen LogP contribution >= 0.6 is 0 Å². The number of hydrogen-bond donors (Lipinski definition) is 1. The summed E-state index contributed by atoms with van der Waals surface area (Å²) in [6, 6.07) is 0. The van der Waals surface area contributed by atoms with Crippen LogP contribution in [0.25, 0.3) is 0 Å². The van der Waals surface area contributed by atoms with E-state index >= 15 is 0 Å². The van der Waals surface area contributed by atoms with Crippen molar-refractivity contribution >= 4 is 17.8 Å². The molecule has 0 aliphatic carbocycles. The highest BCUT2D eigenvalue weighted by Crippen LogP contribution is 2.13. The summed E-state index contributed by atoms with van der Waals surface area (Å²) in [5.41, 5.74) is -0.0244. The first-order valence-electron chi connectivity index (χ1n) is 3.79. The Labute approximate surface area is 74.6 Å². The molecule has 1 N–H and O–H groups in total. The Kier molecular flexibility index (Phi) is 2.46. The second kappa shape index (κ2) is 3.38. The summed E-state index contributed by atoms with van der Waals surface area (Å²) in [7, 11) is 0. The Morgan fingerprint density at radius 3 is 2.23 bits per heavy atom. The molecule has 1 fully saturated rings. The summed E-state index contributed by atoms with van der Waals surface area (Å²) >= 11 is 0. The molecule has 13 heavy (non-hydrogen) atoms. The van der Waals surface area contributed by atoms with Crippen LogP contribution in [0.1, 0.15) is 19.8 Å². The van der Waals surface area contributed by atoms with Crippen molar-refractivity contribution in [3.63, 3.8) is 0 Å². The summed E-state index contributed by atoms with van der Waals surface area (Å²) in [4.78, 5) is 33.3. The highest BCUT2D eigenvalue weighted by atomic mass is 16.4. The molecule has 1 aliphatic heterocycles. The zero-order chi connectivity index (χ0) is 10.0. The molecule has 0 spiro atoms. The SMILES string of the molecule is CC(=CN1C(=O)CCC1=O)C(=O)O. The molecule has 0 radical (unpaired) electrons. The maximum absolute atomic E-state index is 11.0. The van der Waals surface area contributed by atoms with Crippen molar-refractivity contribution in [3.8, 4) is 0 Å². The second-order valence-electron chi connectivity index (χ2n) is 2.77. The molecule has 0 saturated carbocycles. The number of amides is 2. The first-order chi connectivity index (χ1) is 6.02. The van der Waals surface area contributed by atoms with Gasteiger partial charge in [0.15, 0.2) is 0 Å². The normalized spacial score (nSPS) is 18.2. The molecule has 1 heterocycles. The first kappa shape index (κ1) is 9.44. The zero-order valence-corrected chi connectivity index (χ0v) is 7.11. The number of carbonyl (C=O) groups excluding carboxylic acids is 2. The lowest BCUT2D eigenvalue weighted by atomic mass is 10.3. The van der Waals surface area contributed by atoms with Gasteiger partial charge in [-0.15, -0.1) is 0 Å². The summed E-state index contributed by atoms with van der Waals surface area (Å²) in [5.74, 6) is -1.82. The van der Waals surface area contributed by atoms with Crippen molar-refractivity contribution in [1.29, 1.82) is 0 Å². The fraction of sp³-hybridized carbons (Fsp3) is 0.375. The number of carbonyl (C=O) groups is 3. The van der Waals surface area contributed by atoms with Gasteiger partial charge in [-0.2, -0.15) is 0 Å². The van der Waals surface area contributed by atoms with Crippen LogP contribution in [0.2, 0.25) is 0 Å². The van der Waals surface area contributed by atoms with E-state index in [1.54, 1.807) is 0 Å². The monoisotopic (exact) mass is 183 g/mol. The lowest BCUT2D eigenvalue weighted by Gasteiger charge is -2.07. The zero-order valence-electron chi connectivity index (χ0n) is 7.11. The van der Waals surface area contributed by atoms with Crippen LogP contribution in [0.15, 0.2) is 11.8 Å². The highest BCUT2D eigenvalue weighted by Gasteiger charge is 2.27. The molecule has 1 aliphatic rings. The van der Waals surface area contributed by atoms with E-state index in [-0.39, 0.29) is 30.2 Å². The van der Waals surface area contributed by atoms with E-state index in [4.69, 9.17) is 5.11 Å². The minimum absolute atomic E-state index is 0.0244. The summed E-state index contributed by atoms with van der Waals surface area (Å²) < 4.78 is 0. The predicted molar refractivity (Wildman–Crippen MR) is 42.5 cm³/mol. The van der Waals surface area contributed by atoms with Crippen molar-refractivity contribution in [3.05, 3.63) is 11.8 Å². The van der Waals surface area contributed by atoms with Gasteiger partial charge in [0.25, 0.3) is 0 Å². The maximum Gasteiger partial charge on any atom is 0.332 e. The van der Waals surface area contributed by atoms with Crippen molar-refractivity contribution in [2.75, 3.05) is 0 Å². The molecule has 0 aromatic heterocycles. The van der Waals surface area contributed by atoms with E-state index in [1.165, 1.54) is 6.92 Å². The first-order valence-corrected chi connectivity index (χ1v) is 3.79. The smallest absolute Gasteiger partial charge is 0.332 e. The van der Waals surface area contributed by atoms with Gasteiger partial charge in [-0.1, -0.05) is 0 Å². The van der Waals surface area contributed by atoms with Crippen molar-refractivity contribution in [1.82, 2.24) is 4.90 Å². The van der Waals surface area contributed by atoms with Gasteiger partial charge >= 0.3 is 5.97 Å². The van der Waals surface area contributed by atoms with Gasteiger partial charge in [-0.3, -0.25) is 14.5 Å². The van der Waals surface area contributed by atoms with E-state index in [9.17, 15) is 14.4 Å². The van der Waals surface area contributed by atoms with E-state index in [2.05, 4.69) is 0 Å². The molecule has 0 aromatic carbocycles. The van der Waals surface area contributed by atoms with E-state index in [0.717, 1.165) is 11.1 Å². The van der Waals surface area contributed by atoms with Gasteiger partial charge in [-0.25, -0.2) is 4.79 Å². The lowest BCUT2D eigenvalue weighted by Crippen LogP contribution is -2.24. The van der Waals surface area contributed by atoms with Crippen LogP contribution in [-0.4, -0.2) is 27.8 Å². The Balaban J connectivity index is 2.83. The number of nitrogens with zero attached hydrogens (tertiary/aromatic N) is 1. The number of rotatable bonds is 2. The third kappa shape index (κ3) is 1.93. The standard InChI is InChI=1S/C8H9NO4/c1-5(8(12)13)4-9-6(10)2-3-7(9)11/h4H,2-3H2,1H3,(H,12,13). The van der Waals surface area contributed by atoms with Crippen LogP contribution in [0.3, 0.4) is 0 Å². The van der Waals surface area contributed by atoms with Gasteiger partial charge in [0, 0.05) is 19.0 Å². The van der Waals surface area contributed by atoms with Gasteiger partial charge in [0.2, 0.25) is 11.8 Å². The summed E-state index contributed by atoms with van der Waals surface area (Å²) in [6.45, 7) is 1.33. The average molecular weight is 183 g/mol. The van der Waals surface area contributed by atoms with Gasteiger partial charge < -0.3 is 5.11 Å². The molecular formula is C8H9NO4. The molecule has 2 amide bonds. The highest BCUT2D eigenvalue weighted by molar-refractivity contribution is 6.03. The molecular weight excluding hydrogens is 174 g/mol. The largest absolute Gasteiger partial charge is 0.478 e. The molecule has 1 rings (SSSR count). The van der Waals surface area contributed by atoms with Crippen LogP contribution in [0.5, 0.6) is 0 Å².